The fourth-order valence-corrected chi connectivity index (χ4v) is 2.28. The van der Waals surface area contributed by atoms with Crippen molar-refractivity contribution in [3.63, 3.8) is 0 Å². The highest BCUT2D eigenvalue weighted by molar-refractivity contribution is 6.31. The molecule has 0 aliphatic rings. The molecule has 0 amide bonds. The van der Waals surface area contributed by atoms with Crippen LogP contribution in [0, 0.1) is 17.1 Å². The Morgan fingerprint density at radius 1 is 1.25 bits per heavy atom. The molecule has 0 radical (unpaired) electrons. The largest absolute Gasteiger partial charge is 0.385 e. The van der Waals surface area contributed by atoms with Crippen molar-refractivity contribution in [3.05, 3.63) is 70.0 Å². The minimum atomic E-state index is -1.26. The van der Waals surface area contributed by atoms with E-state index in [2.05, 4.69) is 0 Å². The smallest absolute Gasteiger partial charge is 0.128 e. The summed E-state index contributed by atoms with van der Waals surface area (Å²) in [4.78, 5) is 0. The number of nitrogens with zero attached hydrogens (tertiary/aromatic N) is 1. The van der Waals surface area contributed by atoms with Crippen LogP contribution < -0.4 is 0 Å². The maximum Gasteiger partial charge on any atom is 0.128 e. The number of nitriles is 1. The summed E-state index contributed by atoms with van der Waals surface area (Å²) in [5.74, 6) is -0.438. The van der Waals surface area contributed by atoms with E-state index in [4.69, 9.17) is 16.9 Å². The summed E-state index contributed by atoms with van der Waals surface area (Å²) < 4.78 is 13.8. The van der Waals surface area contributed by atoms with Crippen molar-refractivity contribution in [1.29, 1.82) is 5.26 Å². The quantitative estimate of drug-likeness (QED) is 0.934. The van der Waals surface area contributed by atoms with Gasteiger partial charge in [-0.15, -0.1) is 0 Å². The molecule has 0 heterocycles. The van der Waals surface area contributed by atoms with Crippen LogP contribution in [-0.2, 0) is 12.0 Å². The number of aliphatic hydroxyl groups is 1. The third kappa shape index (κ3) is 2.98. The fourth-order valence-electron chi connectivity index (χ4n) is 2.05. The van der Waals surface area contributed by atoms with E-state index in [0.717, 1.165) is 0 Å². The standard InChI is InChI=1S/C16H13ClFNO/c1-16(20,12-7-5-11(10-19)6-8-12)9-13-14(17)3-2-4-15(13)18/h2-8,20H,9H2,1H3. The summed E-state index contributed by atoms with van der Waals surface area (Å²) in [5, 5.41) is 19.6. The van der Waals surface area contributed by atoms with Crippen molar-refractivity contribution >= 4 is 11.6 Å². The Kier molecular flexibility index (Phi) is 4.08. The third-order valence-electron chi connectivity index (χ3n) is 3.22. The van der Waals surface area contributed by atoms with Gasteiger partial charge in [0.15, 0.2) is 0 Å². The van der Waals surface area contributed by atoms with E-state index in [1.807, 2.05) is 6.07 Å². The van der Waals surface area contributed by atoms with Crippen LogP contribution in [0.5, 0.6) is 0 Å². The van der Waals surface area contributed by atoms with Crippen molar-refractivity contribution in [2.75, 3.05) is 0 Å². The van der Waals surface area contributed by atoms with Gasteiger partial charge in [0.05, 0.1) is 17.2 Å². The molecule has 1 N–H and O–H groups in total. The molecule has 1 unspecified atom stereocenters. The summed E-state index contributed by atoms with van der Waals surface area (Å²) >= 11 is 5.98. The minimum Gasteiger partial charge on any atom is -0.385 e. The average Bonchev–Trinajstić information content (AvgIpc) is 2.43. The first-order valence-electron chi connectivity index (χ1n) is 6.10. The molecule has 0 aromatic heterocycles. The third-order valence-corrected chi connectivity index (χ3v) is 3.57. The van der Waals surface area contributed by atoms with E-state index < -0.39 is 11.4 Å². The first-order chi connectivity index (χ1) is 9.44. The average molecular weight is 290 g/mol. The Balaban J connectivity index is 2.33. The molecule has 2 rings (SSSR count). The predicted molar refractivity (Wildman–Crippen MR) is 75.8 cm³/mol. The zero-order chi connectivity index (χ0) is 14.8. The van der Waals surface area contributed by atoms with Crippen LogP contribution in [0.1, 0.15) is 23.6 Å². The van der Waals surface area contributed by atoms with Crippen LogP contribution in [0.25, 0.3) is 0 Å². The van der Waals surface area contributed by atoms with Crippen molar-refractivity contribution in [3.8, 4) is 6.07 Å². The molecule has 0 aliphatic heterocycles. The summed E-state index contributed by atoms with van der Waals surface area (Å²) in [7, 11) is 0. The van der Waals surface area contributed by atoms with E-state index in [1.165, 1.54) is 12.1 Å². The van der Waals surface area contributed by atoms with Crippen molar-refractivity contribution in [1.82, 2.24) is 0 Å². The van der Waals surface area contributed by atoms with Gasteiger partial charge in [0.1, 0.15) is 5.82 Å². The molecule has 4 heteroatoms. The summed E-state index contributed by atoms with van der Waals surface area (Å²) in [6, 6.07) is 13.0. The molecule has 2 aromatic carbocycles. The van der Waals surface area contributed by atoms with Gasteiger partial charge in [-0.05, 0) is 36.8 Å². The molecule has 0 saturated heterocycles. The second-order valence-corrected chi connectivity index (χ2v) is 5.25. The Hall–Kier alpha value is -1.89. The molecule has 0 aliphatic carbocycles. The minimum absolute atomic E-state index is 0.0599. The lowest BCUT2D eigenvalue weighted by atomic mass is 9.88. The van der Waals surface area contributed by atoms with Gasteiger partial charge in [0, 0.05) is 17.0 Å². The van der Waals surface area contributed by atoms with Crippen LogP contribution in [-0.4, -0.2) is 5.11 Å². The number of benzene rings is 2. The fraction of sp³-hybridized carbons (Fsp3) is 0.188. The molecule has 1 atom stereocenters. The summed E-state index contributed by atoms with van der Waals surface area (Å²) in [6.07, 6.45) is 0.0599. The van der Waals surface area contributed by atoms with Crippen molar-refractivity contribution in [2.24, 2.45) is 0 Å². The molecule has 2 aromatic rings. The Morgan fingerprint density at radius 3 is 2.45 bits per heavy atom. The van der Waals surface area contributed by atoms with Crippen LogP contribution in [0.2, 0.25) is 5.02 Å². The van der Waals surface area contributed by atoms with E-state index in [-0.39, 0.29) is 12.0 Å². The second kappa shape index (κ2) is 5.62. The van der Waals surface area contributed by atoms with Gasteiger partial charge in [0.2, 0.25) is 0 Å². The van der Waals surface area contributed by atoms with E-state index in [1.54, 1.807) is 37.3 Å². The van der Waals surface area contributed by atoms with Gasteiger partial charge in [-0.1, -0.05) is 29.8 Å². The summed E-state index contributed by atoms with van der Waals surface area (Å²) in [5.41, 5.74) is 0.132. The van der Waals surface area contributed by atoms with E-state index in [9.17, 15) is 9.50 Å². The van der Waals surface area contributed by atoms with Crippen LogP contribution >= 0.6 is 11.6 Å². The van der Waals surface area contributed by atoms with Gasteiger partial charge >= 0.3 is 0 Å². The first-order valence-corrected chi connectivity index (χ1v) is 6.48. The molecule has 0 saturated carbocycles. The number of hydrogen-bond donors (Lipinski definition) is 1. The molecular formula is C16H13ClFNO. The molecule has 0 spiro atoms. The zero-order valence-electron chi connectivity index (χ0n) is 10.9. The molecule has 0 bridgehead atoms. The summed E-state index contributed by atoms with van der Waals surface area (Å²) in [6.45, 7) is 1.59. The number of hydrogen-bond acceptors (Lipinski definition) is 2. The monoisotopic (exact) mass is 289 g/mol. The Labute approximate surface area is 122 Å². The van der Waals surface area contributed by atoms with Gasteiger partial charge in [-0.25, -0.2) is 4.39 Å². The van der Waals surface area contributed by atoms with Gasteiger partial charge < -0.3 is 5.11 Å². The normalized spacial score (nSPS) is 13.6. The SMILES string of the molecule is CC(O)(Cc1c(F)cccc1Cl)c1ccc(C#N)cc1. The highest BCUT2D eigenvalue weighted by Crippen LogP contribution is 2.30. The van der Waals surface area contributed by atoms with Gasteiger partial charge in [-0.2, -0.15) is 5.26 Å². The topological polar surface area (TPSA) is 44.0 Å². The number of halogens is 2. The highest BCUT2D eigenvalue weighted by Gasteiger charge is 2.26. The Morgan fingerprint density at radius 2 is 1.90 bits per heavy atom. The highest BCUT2D eigenvalue weighted by atomic mass is 35.5. The second-order valence-electron chi connectivity index (χ2n) is 4.84. The van der Waals surface area contributed by atoms with Crippen LogP contribution in [0.3, 0.4) is 0 Å². The molecule has 2 nitrogen and oxygen atoms in total. The lowest BCUT2D eigenvalue weighted by Gasteiger charge is -2.24. The van der Waals surface area contributed by atoms with Crippen LogP contribution in [0.15, 0.2) is 42.5 Å². The molecule has 102 valence electrons. The predicted octanol–water partition coefficient (Wildman–Crippen LogP) is 3.80. The number of rotatable bonds is 3. The first kappa shape index (κ1) is 14.5. The molecular weight excluding hydrogens is 277 g/mol. The van der Waals surface area contributed by atoms with Crippen molar-refractivity contribution in [2.45, 2.75) is 18.9 Å². The van der Waals surface area contributed by atoms with Gasteiger partial charge in [0.25, 0.3) is 0 Å². The maximum atomic E-state index is 13.8. The zero-order valence-corrected chi connectivity index (χ0v) is 11.7. The van der Waals surface area contributed by atoms with E-state index in [0.29, 0.717) is 16.1 Å². The Bertz CT molecular complexity index is 639. The lowest BCUT2D eigenvalue weighted by Crippen LogP contribution is -2.25. The molecule has 20 heavy (non-hydrogen) atoms. The molecule has 0 fully saturated rings. The van der Waals surface area contributed by atoms with Gasteiger partial charge in [-0.3, -0.25) is 0 Å². The van der Waals surface area contributed by atoms with Crippen LogP contribution in [0.4, 0.5) is 4.39 Å². The lowest BCUT2D eigenvalue weighted by molar-refractivity contribution is 0.0567. The van der Waals surface area contributed by atoms with Crippen molar-refractivity contribution < 1.29 is 9.50 Å². The van der Waals surface area contributed by atoms with E-state index >= 15 is 0 Å². The maximum absolute atomic E-state index is 13.8.